The number of carbonyl (C=O) groups is 1. The molecule has 148 valence electrons. The van der Waals surface area contributed by atoms with Crippen LogP contribution < -0.4 is 5.32 Å². The minimum atomic E-state index is -0.677. The number of pyridine rings is 1. The number of aromatic amines is 1. The average Bonchev–Trinajstić information content (AvgIpc) is 3.35. The lowest BCUT2D eigenvalue weighted by Gasteiger charge is -2.04. The van der Waals surface area contributed by atoms with Crippen LogP contribution in [0.5, 0.6) is 0 Å². The Morgan fingerprint density at radius 3 is 2.86 bits per heavy atom. The number of nitrogens with zero attached hydrogens (tertiary/aromatic N) is 4. The van der Waals surface area contributed by atoms with E-state index in [9.17, 15) is 9.90 Å². The molecule has 1 unspecified atom stereocenters. The highest BCUT2D eigenvalue weighted by atomic mass is 16.5. The van der Waals surface area contributed by atoms with Crippen LogP contribution >= 0.6 is 0 Å². The van der Waals surface area contributed by atoms with Gasteiger partial charge in [0.2, 0.25) is 17.6 Å². The van der Waals surface area contributed by atoms with E-state index in [-0.39, 0.29) is 5.91 Å². The molecule has 0 aliphatic rings. The first-order valence-electron chi connectivity index (χ1n) is 9.29. The lowest BCUT2D eigenvalue weighted by atomic mass is 10.2. The zero-order valence-corrected chi connectivity index (χ0v) is 15.8. The molecule has 0 bridgehead atoms. The van der Waals surface area contributed by atoms with Crippen LogP contribution in [0.4, 0.5) is 5.69 Å². The molecule has 4 rings (SSSR count). The fourth-order valence-corrected chi connectivity index (χ4v) is 2.90. The van der Waals surface area contributed by atoms with Gasteiger partial charge < -0.3 is 19.9 Å². The molecule has 29 heavy (non-hydrogen) atoms. The van der Waals surface area contributed by atoms with E-state index in [1.54, 1.807) is 37.5 Å². The van der Waals surface area contributed by atoms with Gasteiger partial charge in [0.1, 0.15) is 11.9 Å². The van der Waals surface area contributed by atoms with E-state index >= 15 is 0 Å². The van der Waals surface area contributed by atoms with Gasteiger partial charge in [0, 0.05) is 36.5 Å². The summed E-state index contributed by atoms with van der Waals surface area (Å²) in [6.45, 7) is 1.64. The van der Waals surface area contributed by atoms with Gasteiger partial charge in [0.05, 0.1) is 11.0 Å². The molecule has 0 saturated heterocycles. The Balaban J connectivity index is 1.30. The fourth-order valence-electron chi connectivity index (χ4n) is 2.90. The van der Waals surface area contributed by atoms with Crippen LogP contribution in [0.2, 0.25) is 0 Å². The lowest BCUT2D eigenvalue weighted by molar-refractivity contribution is -0.116. The lowest BCUT2D eigenvalue weighted by Crippen LogP contribution is -2.11. The molecule has 0 aliphatic heterocycles. The maximum absolute atomic E-state index is 12.2. The SMILES string of the molecule is CC(O)c1nc2ccc(NC(=O)CCCc3nc(-c4ccncc4)no3)cc2[nH]1. The summed E-state index contributed by atoms with van der Waals surface area (Å²) in [6, 6.07) is 8.99. The van der Waals surface area contributed by atoms with Crippen molar-refractivity contribution >= 4 is 22.6 Å². The summed E-state index contributed by atoms with van der Waals surface area (Å²) in [5, 5.41) is 16.4. The number of aliphatic hydroxyl groups is 1. The summed E-state index contributed by atoms with van der Waals surface area (Å²) in [5.41, 5.74) is 3.00. The number of hydrogen-bond donors (Lipinski definition) is 3. The van der Waals surface area contributed by atoms with Crippen LogP contribution in [0.25, 0.3) is 22.4 Å². The Labute approximate surface area is 166 Å². The number of hydrogen-bond acceptors (Lipinski definition) is 7. The molecule has 9 nitrogen and oxygen atoms in total. The third kappa shape index (κ3) is 4.46. The van der Waals surface area contributed by atoms with Crippen molar-refractivity contribution in [3.63, 3.8) is 0 Å². The fraction of sp³-hybridized carbons (Fsp3) is 0.250. The predicted octanol–water partition coefficient (Wildman–Crippen LogP) is 3.02. The van der Waals surface area contributed by atoms with Crippen LogP contribution in [-0.4, -0.2) is 36.1 Å². The number of aryl methyl sites for hydroxylation is 1. The Kier molecular flexibility index (Phi) is 5.30. The smallest absolute Gasteiger partial charge is 0.226 e. The number of H-pyrrole nitrogens is 1. The second-order valence-electron chi connectivity index (χ2n) is 6.68. The van der Waals surface area contributed by atoms with Gasteiger partial charge in [-0.05, 0) is 43.7 Å². The standard InChI is InChI=1S/C20H20N6O3/c1-12(27)19-23-15-6-5-14(11-16(15)24-19)22-17(28)3-2-4-18-25-20(26-29-18)13-7-9-21-10-8-13/h5-12,27H,2-4H2,1H3,(H,22,28)(H,23,24). The Bertz CT molecular complexity index is 1120. The number of fused-ring (bicyclic) bond motifs is 1. The van der Waals surface area contributed by atoms with Gasteiger partial charge >= 0.3 is 0 Å². The highest BCUT2D eigenvalue weighted by molar-refractivity contribution is 5.93. The molecule has 1 amide bonds. The molecule has 3 heterocycles. The first kappa shape index (κ1) is 18.8. The van der Waals surface area contributed by atoms with Crippen molar-refractivity contribution < 1.29 is 14.4 Å². The molecule has 0 radical (unpaired) electrons. The maximum Gasteiger partial charge on any atom is 0.226 e. The van der Waals surface area contributed by atoms with E-state index in [4.69, 9.17) is 4.52 Å². The number of carbonyl (C=O) groups excluding carboxylic acids is 1. The summed E-state index contributed by atoms with van der Waals surface area (Å²) in [6.07, 6.45) is 4.09. The Morgan fingerprint density at radius 1 is 1.24 bits per heavy atom. The number of aromatic nitrogens is 5. The quantitative estimate of drug-likeness (QED) is 0.441. The molecular weight excluding hydrogens is 372 g/mol. The van der Waals surface area contributed by atoms with E-state index in [0.29, 0.717) is 42.5 Å². The minimum absolute atomic E-state index is 0.103. The van der Waals surface area contributed by atoms with E-state index in [2.05, 4.69) is 30.4 Å². The number of aliphatic hydroxyl groups excluding tert-OH is 1. The molecule has 3 aromatic heterocycles. The van der Waals surface area contributed by atoms with Crippen molar-refractivity contribution in [3.8, 4) is 11.4 Å². The molecule has 1 atom stereocenters. The monoisotopic (exact) mass is 392 g/mol. The summed E-state index contributed by atoms with van der Waals surface area (Å²) in [7, 11) is 0. The summed E-state index contributed by atoms with van der Waals surface area (Å²) < 4.78 is 5.24. The van der Waals surface area contributed by atoms with E-state index < -0.39 is 6.10 Å². The zero-order chi connectivity index (χ0) is 20.2. The zero-order valence-electron chi connectivity index (χ0n) is 15.8. The van der Waals surface area contributed by atoms with Gasteiger partial charge in [-0.3, -0.25) is 9.78 Å². The van der Waals surface area contributed by atoms with Crippen molar-refractivity contribution in [1.29, 1.82) is 0 Å². The van der Waals surface area contributed by atoms with Crippen molar-refractivity contribution in [2.24, 2.45) is 0 Å². The molecule has 0 spiro atoms. The predicted molar refractivity (Wildman–Crippen MR) is 106 cm³/mol. The normalized spacial score (nSPS) is 12.2. The highest BCUT2D eigenvalue weighted by Crippen LogP contribution is 2.20. The summed E-state index contributed by atoms with van der Waals surface area (Å²) in [5.74, 6) is 1.40. The molecule has 9 heteroatoms. The van der Waals surface area contributed by atoms with Gasteiger partial charge in [0.25, 0.3) is 0 Å². The third-order valence-corrected chi connectivity index (χ3v) is 4.38. The van der Waals surface area contributed by atoms with Crippen molar-refractivity contribution in [2.75, 3.05) is 5.32 Å². The van der Waals surface area contributed by atoms with Gasteiger partial charge in [-0.25, -0.2) is 4.98 Å². The highest BCUT2D eigenvalue weighted by Gasteiger charge is 2.11. The van der Waals surface area contributed by atoms with E-state index in [1.807, 2.05) is 12.1 Å². The average molecular weight is 392 g/mol. The molecule has 4 aromatic rings. The van der Waals surface area contributed by atoms with E-state index in [0.717, 1.165) is 16.6 Å². The number of rotatable bonds is 7. The number of imidazole rings is 1. The van der Waals surface area contributed by atoms with E-state index in [1.165, 1.54) is 0 Å². The third-order valence-electron chi connectivity index (χ3n) is 4.38. The largest absolute Gasteiger partial charge is 0.385 e. The second kappa shape index (κ2) is 8.19. The minimum Gasteiger partial charge on any atom is -0.385 e. The molecule has 1 aromatic carbocycles. The first-order chi connectivity index (χ1) is 14.1. The molecule has 0 fully saturated rings. The number of benzene rings is 1. The Hall–Kier alpha value is -3.59. The number of amides is 1. The van der Waals surface area contributed by atoms with Crippen LogP contribution in [0.3, 0.4) is 0 Å². The molecule has 0 aliphatic carbocycles. The van der Waals surface area contributed by atoms with Crippen molar-refractivity contribution in [3.05, 3.63) is 54.4 Å². The van der Waals surface area contributed by atoms with Crippen LogP contribution in [0, 0.1) is 0 Å². The second-order valence-corrected chi connectivity index (χ2v) is 6.68. The molecule has 3 N–H and O–H groups in total. The van der Waals surface area contributed by atoms with Crippen molar-refractivity contribution in [2.45, 2.75) is 32.3 Å². The Morgan fingerprint density at radius 2 is 2.07 bits per heavy atom. The topological polar surface area (TPSA) is 130 Å². The van der Waals surface area contributed by atoms with Crippen molar-refractivity contribution in [1.82, 2.24) is 25.1 Å². The summed E-state index contributed by atoms with van der Waals surface area (Å²) in [4.78, 5) is 27.9. The maximum atomic E-state index is 12.2. The number of nitrogens with one attached hydrogen (secondary N) is 2. The van der Waals surface area contributed by atoms with Crippen LogP contribution in [-0.2, 0) is 11.2 Å². The first-order valence-corrected chi connectivity index (χ1v) is 9.29. The summed E-state index contributed by atoms with van der Waals surface area (Å²) >= 11 is 0. The van der Waals surface area contributed by atoms with Crippen LogP contribution in [0.15, 0.2) is 47.2 Å². The van der Waals surface area contributed by atoms with Gasteiger partial charge in [0.15, 0.2) is 0 Å². The van der Waals surface area contributed by atoms with Gasteiger partial charge in [-0.2, -0.15) is 4.98 Å². The van der Waals surface area contributed by atoms with Crippen LogP contribution in [0.1, 0.15) is 37.6 Å². The van der Waals surface area contributed by atoms with Gasteiger partial charge in [-0.1, -0.05) is 5.16 Å². The molecular formula is C20H20N6O3. The number of anilines is 1. The van der Waals surface area contributed by atoms with Gasteiger partial charge in [-0.15, -0.1) is 0 Å². The molecule has 0 saturated carbocycles.